The van der Waals surface area contributed by atoms with E-state index in [2.05, 4.69) is 33.7 Å². The van der Waals surface area contributed by atoms with Crippen LogP contribution in [0.1, 0.15) is 28.1 Å². The lowest BCUT2D eigenvalue weighted by Crippen LogP contribution is -2.35. The van der Waals surface area contributed by atoms with Crippen molar-refractivity contribution in [2.75, 3.05) is 0 Å². The molecule has 2 aliphatic rings. The molecule has 5 rings (SSSR count). The first-order valence-corrected chi connectivity index (χ1v) is 11.2. The van der Waals surface area contributed by atoms with Crippen LogP contribution in [-0.4, -0.2) is 31.5 Å². The SMILES string of the molecule is Cc1ccccc1-n1c(C)cc(C=C2C(=N)N3N=C(c4ccccc4F)SC3=NC2=O)c1C. The van der Waals surface area contributed by atoms with Crippen molar-refractivity contribution in [2.24, 2.45) is 10.1 Å². The molecule has 0 spiro atoms. The highest BCUT2D eigenvalue weighted by atomic mass is 32.2. The summed E-state index contributed by atoms with van der Waals surface area (Å²) in [5, 5.41) is 14.9. The van der Waals surface area contributed by atoms with Crippen molar-refractivity contribution < 1.29 is 9.18 Å². The highest BCUT2D eigenvalue weighted by Gasteiger charge is 2.36. The van der Waals surface area contributed by atoms with Crippen molar-refractivity contribution in [3.8, 4) is 5.69 Å². The number of hydrogen-bond donors (Lipinski definition) is 1. The smallest absolute Gasteiger partial charge is 0.283 e. The maximum Gasteiger partial charge on any atom is 0.283 e. The van der Waals surface area contributed by atoms with Crippen molar-refractivity contribution in [1.29, 1.82) is 5.41 Å². The van der Waals surface area contributed by atoms with Gasteiger partial charge < -0.3 is 4.57 Å². The number of rotatable bonds is 3. The minimum absolute atomic E-state index is 0.0791. The Bertz CT molecular complexity index is 1430. The van der Waals surface area contributed by atoms with Gasteiger partial charge in [-0.2, -0.15) is 15.1 Å². The molecule has 0 bridgehead atoms. The van der Waals surface area contributed by atoms with Gasteiger partial charge in [0.15, 0.2) is 5.84 Å². The molecule has 8 heteroatoms. The molecule has 0 unspecified atom stereocenters. The second kappa shape index (κ2) is 7.97. The number of nitrogens with zero attached hydrogens (tertiary/aromatic N) is 4. The Balaban J connectivity index is 1.53. The molecule has 1 amide bonds. The lowest BCUT2D eigenvalue weighted by Gasteiger charge is -2.20. The average Bonchev–Trinajstić information content (AvgIpc) is 3.32. The molecule has 0 atom stereocenters. The van der Waals surface area contributed by atoms with Crippen molar-refractivity contribution in [2.45, 2.75) is 20.8 Å². The first-order valence-electron chi connectivity index (χ1n) is 10.3. The van der Waals surface area contributed by atoms with E-state index < -0.39 is 11.7 Å². The second-order valence-electron chi connectivity index (χ2n) is 7.85. The van der Waals surface area contributed by atoms with Gasteiger partial charge in [-0.05, 0) is 74.0 Å². The minimum atomic E-state index is -0.510. The summed E-state index contributed by atoms with van der Waals surface area (Å²) < 4.78 is 16.4. The third-order valence-corrected chi connectivity index (χ3v) is 6.63. The van der Waals surface area contributed by atoms with Crippen molar-refractivity contribution in [3.05, 3.63) is 94.1 Å². The zero-order valence-corrected chi connectivity index (χ0v) is 19.1. The molecule has 1 N–H and O–H groups in total. The number of fused-ring (bicyclic) bond motifs is 1. The first kappa shape index (κ1) is 21.1. The Morgan fingerprint density at radius 1 is 1.06 bits per heavy atom. The second-order valence-corrected chi connectivity index (χ2v) is 8.81. The molecule has 0 saturated carbocycles. The Morgan fingerprint density at radius 2 is 1.79 bits per heavy atom. The van der Waals surface area contributed by atoms with Gasteiger partial charge >= 0.3 is 0 Å². The summed E-state index contributed by atoms with van der Waals surface area (Å²) in [6.45, 7) is 6.05. The molecule has 0 saturated heterocycles. The number of hydrogen-bond acceptors (Lipinski definition) is 4. The van der Waals surface area contributed by atoms with Crippen molar-refractivity contribution in [1.82, 2.24) is 9.58 Å². The Hall–Kier alpha value is -3.78. The van der Waals surface area contributed by atoms with Gasteiger partial charge in [-0.1, -0.05) is 30.3 Å². The van der Waals surface area contributed by atoms with E-state index in [4.69, 9.17) is 5.41 Å². The van der Waals surface area contributed by atoms with Gasteiger partial charge in [-0.25, -0.2) is 4.39 Å². The third-order valence-electron chi connectivity index (χ3n) is 5.69. The maximum absolute atomic E-state index is 14.2. The molecule has 0 fully saturated rings. The van der Waals surface area contributed by atoms with Crippen LogP contribution in [0.25, 0.3) is 11.8 Å². The number of aryl methyl sites for hydroxylation is 2. The number of thioether (sulfide) groups is 1. The van der Waals surface area contributed by atoms with Crippen LogP contribution in [0.2, 0.25) is 0 Å². The largest absolute Gasteiger partial charge is 0.318 e. The lowest BCUT2D eigenvalue weighted by atomic mass is 10.1. The molecule has 0 radical (unpaired) electrons. The number of hydrazone groups is 1. The van der Waals surface area contributed by atoms with Crippen LogP contribution in [0.3, 0.4) is 0 Å². The van der Waals surface area contributed by atoms with E-state index in [9.17, 15) is 9.18 Å². The molecule has 3 aromatic rings. The number of amidine groups is 2. The van der Waals surface area contributed by atoms with E-state index in [-0.39, 0.29) is 16.6 Å². The number of carbonyl (C=O) groups is 1. The summed E-state index contributed by atoms with van der Waals surface area (Å²) in [5.41, 5.74) is 5.46. The van der Waals surface area contributed by atoms with E-state index >= 15 is 0 Å². The number of aliphatic imine (C=N–C) groups is 1. The maximum atomic E-state index is 14.2. The Labute approximate surface area is 194 Å². The zero-order valence-electron chi connectivity index (χ0n) is 18.3. The quantitative estimate of drug-likeness (QED) is 0.549. The Kier molecular flexibility index (Phi) is 5.09. The predicted octanol–water partition coefficient (Wildman–Crippen LogP) is 5.21. The third kappa shape index (κ3) is 3.52. The fraction of sp³-hybridized carbons (Fsp3) is 0.120. The highest BCUT2D eigenvalue weighted by Crippen LogP contribution is 2.32. The number of para-hydroxylation sites is 1. The monoisotopic (exact) mass is 457 g/mol. The summed E-state index contributed by atoms with van der Waals surface area (Å²) in [6, 6.07) is 16.4. The molecular weight excluding hydrogens is 437 g/mol. The number of aromatic nitrogens is 1. The summed E-state index contributed by atoms with van der Waals surface area (Å²) in [5.74, 6) is -1.00. The van der Waals surface area contributed by atoms with Gasteiger partial charge in [0.2, 0.25) is 5.17 Å². The molecule has 6 nitrogen and oxygen atoms in total. The van der Waals surface area contributed by atoms with Crippen molar-refractivity contribution >= 4 is 39.8 Å². The van der Waals surface area contributed by atoms with Gasteiger partial charge in [-0.15, -0.1) is 0 Å². The van der Waals surface area contributed by atoms with E-state index in [1.165, 1.54) is 11.1 Å². The Morgan fingerprint density at radius 3 is 2.55 bits per heavy atom. The number of halogens is 1. The van der Waals surface area contributed by atoms with E-state index in [0.717, 1.165) is 40.0 Å². The highest BCUT2D eigenvalue weighted by molar-refractivity contribution is 8.27. The standard InChI is InChI=1S/C25H20FN5OS/c1-14-8-4-7-11-21(14)30-15(2)12-17(16(30)3)13-19-22(27)31-25(28-23(19)32)33-24(29-31)18-9-5-6-10-20(18)26/h4-13,27H,1-3H3. The van der Waals surface area contributed by atoms with Crippen LogP contribution in [0.15, 0.2) is 70.3 Å². The van der Waals surface area contributed by atoms with Crippen molar-refractivity contribution in [3.63, 3.8) is 0 Å². The van der Waals surface area contributed by atoms with Gasteiger partial charge in [0, 0.05) is 22.6 Å². The van der Waals surface area contributed by atoms with E-state index in [1.54, 1.807) is 24.3 Å². The molecule has 164 valence electrons. The predicted molar refractivity (Wildman–Crippen MR) is 130 cm³/mol. The zero-order chi connectivity index (χ0) is 23.3. The molecular formula is C25H20FN5OS. The molecule has 2 aromatic carbocycles. The van der Waals surface area contributed by atoms with E-state index in [1.807, 2.05) is 32.0 Å². The molecule has 3 heterocycles. The number of amides is 1. The van der Waals surface area contributed by atoms with Gasteiger partial charge in [0.1, 0.15) is 10.9 Å². The molecule has 33 heavy (non-hydrogen) atoms. The summed E-state index contributed by atoms with van der Waals surface area (Å²) in [4.78, 5) is 16.9. The van der Waals surface area contributed by atoms with Gasteiger partial charge in [0.05, 0.1) is 5.57 Å². The van der Waals surface area contributed by atoms with Gasteiger partial charge in [-0.3, -0.25) is 10.2 Å². The van der Waals surface area contributed by atoms with Crippen LogP contribution >= 0.6 is 11.8 Å². The van der Waals surface area contributed by atoms with Crippen LogP contribution in [0, 0.1) is 32.0 Å². The van der Waals surface area contributed by atoms with E-state index in [0.29, 0.717) is 10.6 Å². The minimum Gasteiger partial charge on any atom is -0.318 e. The lowest BCUT2D eigenvalue weighted by molar-refractivity contribution is -0.114. The summed E-state index contributed by atoms with van der Waals surface area (Å²) in [7, 11) is 0. The summed E-state index contributed by atoms with van der Waals surface area (Å²) in [6.07, 6.45) is 1.68. The van der Waals surface area contributed by atoms with Crippen LogP contribution in [0.5, 0.6) is 0 Å². The number of benzene rings is 2. The number of nitrogens with one attached hydrogen (secondary N) is 1. The van der Waals surface area contributed by atoms with Crippen LogP contribution < -0.4 is 0 Å². The molecule has 2 aliphatic heterocycles. The van der Waals surface area contributed by atoms with Crippen LogP contribution in [-0.2, 0) is 4.79 Å². The van der Waals surface area contributed by atoms with Gasteiger partial charge in [0.25, 0.3) is 5.91 Å². The fourth-order valence-electron chi connectivity index (χ4n) is 4.01. The fourth-order valence-corrected chi connectivity index (χ4v) is 4.93. The molecule has 1 aromatic heterocycles. The molecule has 0 aliphatic carbocycles. The summed E-state index contributed by atoms with van der Waals surface area (Å²) >= 11 is 1.08. The topological polar surface area (TPSA) is 73.8 Å². The average molecular weight is 458 g/mol. The number of carbonyl (C=O) groups excluding carboxylic acids is 1. The first-order chi connectivity index (χ1) is 15.8. The van der Waals surface area contributed by atoms with Crippen LogP contribution in [0.4, 0.5) is 4.39 Å². The normalized spacial score (nSPS) is 16.8.